The standard InChI is InChI=1S/C14H10N2S/c15-10-4-6-12-7-5-11-16(14(12)17)13-8-2-1-3-9-13/h1-9,11H. The predicted octanol–water partition coefficient (Wildman–Crippen LogP) is 3.74. The fraction of sp³-hybridized carbons (Fsp3) is 0. The third kappa shape index (κ3) is 2.49. The summed E-state index contributed by atoms with van der Waals surface area (Å²) in [6.45, 7) is 0. The number of para-hydroxylation sites is 1. The average molecular weight is 238 g/mol. The molecule has 0 unspecified atom stereocenters. The van der Waals surface area contributed by atoms with Crippen LogP contribution in [-0.4, -0.2) is 4.57 Å². The summed E-state index contributed by atoms with van der Waals surface area (Å²) in [5.74, 6) is 0. The van der Waals surface area contributed by atoms with Crippen LogP contribution in [0, 0.1) is 16.0 Å². The van der Waals surface area contributed by atoms with Crippen LogP contribution in [0.5, 0.6) is 0 Å². The summed E-state index contributed by atoms with van der Waals surface area (Å²) in [6, 6.07) is 15.7. The van der Waals surface area contributed by atoms with Crippen molar-refractivity contribution in [1.29, 1.82) is 5.26 Å². The van der Waals surface area contributed by atoms with Gasteiger partial charge in [0.05, 0.1) is 6.07 Å². The molecule has 1 heterocycles. The van der Waals surface area contributed by atoms with Crippen molar-refractivity contribution in [3.8, 4) is 11.8 Å². The second-order valence-corrected chi connectivity index (χ2v) is 3.82. The van der Waals surface area contributed by atoms with E-state index < -0.39 is 0 Å². The summed E-state index contributed by atoms with van der Waals surface area (Å²) in [5, 5.41) is 8.53. The van der Waals surface area contributed by atoms with Gasteiger partial charge in [-0.25, -0.2) is 0 Å². The molecule has 0 bridgehead atoms. The van der Waals surface area contributed by atoms with Crippen molar-refractivity contribution < 1.29 is 0 Å². The van der Waals surface area contributed by atoms with Crippen molar-refractivity contribution in [2.75, 3.05) is 0 Å². The first-order chi connectivity index (χ1) is 8.33. The zero-order chi connectivity index (χ0) is 12.1. The van der Waals surface area contributed by atoms with E-state index in [-0.39, 0.29) is 0 Å². The van der Waals surface area contributed by atoms with Crippen LogP contribution in [0.15, 0.2) is 54.7 Å². The predicted molar refractivity (Wildman–Crippen MR) is 71.3 cm³/mol. The summed E-state index contributed by atoms with van der Waals surface area (Å²) in [7, 11) is 0. The second kappa shape index (κ2) is 5.24. The zero-order valence-electron chi connectivity index (χ0n) is 9.08. The third-order valence-corrected chi connectivity index (χ3v) is 2.78. The molecule has 0 aliphatic carbocycles. The van der Waals surface area contributed by atoms with Crippen molar-refractivity contribution in [3.05, 3.63) is 64.9 Å². The normalized spacial score (nSPS) is 10.3. The van der Waals surface area contributed by atoms with Crippen LogP contribution in [0.25, 0.3) is 11.8 Å². The van der Waals surface area contributed by atoms with Crippen molar-refractivity contribution in [2.24, 2.45) is 0 Å². The third-order valence-electron chi connectivity index (χ3n) is 2.35. The maximum Gasteiger partial charge on any atom is 0.117 e. The number of hydrogen-bond donors (Lipinski definition) is 0. The number of pyridine rings is 1. The van der Waals surface area contributed by atoms with Crippen LogP contribution < -0.4 is 0 Å². The molecule has 0 N–H and O–H groups in total. The summed E-state index contributed by atoms with van der Waals surface area (Å²) in [6.07, 6.45) is 5.07. The molecule has 0 radical (unpaired) electrons. The van der Waals surface area contributed by atoms with Gasteiger partial charge in [-0.1, -0.05) is 36.5 Å². The van der Waals surface area contributed by atoms with E-state index in [1.807, 2.05) is 59.3 Å². The summed E-state index contributed by atoms with van der Waals surface area (Å²) >= 11 is 5.39. The summed E-state index contributed by atoms with van der Waals surface area (Å²) in [4.78, 5) is 0. The van der Waals surface area contributed by atoms with E-state index in [1.165, 1.54) is 6.08 Å². The molecule has 0 saturated carbocycles. The van der Waals surface area contributed by atoms with Crippen LogP contribution in [0.3, 0.4) is 0 Å². The van der Waals surface area contributed by atoms with Crippen molar-refractivity contribution in [3.63, 3.8) is 0 Å². The number of benzene rings is 1. The monoisotopic (exact) mass is 238 g/mol. The highest BCUT2D eigenvalue weighted by atomic mass is 32.1. The Labute approximate surface area is 105 Å². The Morgan fingerprint density at radius 1 is 1.12 bits per heavy atom. The van der Waals surface area contributed by atoms with Gasteiger partial charge < -0.3 is 4.57 Å². The number of hydrogen-bond acceptors (Lipinski definition) is 2. The van der Waals surface area contributed by atoms with E-state index in [0.29, 0.717) is 4.64 Å². The van der Waals surface area contributed by atoms with E-state index in [9.17, 15) is 0 Å². The minimum atomic E-state index is 0.699. The molecule has 3 heteroatoms. The Kier molecular flexibility index (Phi) is 3.49. The summed E-state index contributed by atoms with van der Waals surface area (Å²) in [5.41, 5.74) is 1.89. The number of rotatable bonds is 2. The van der Waals surface area contributed by atoms with Gasteiger partial charge in [-0.15, -0.1) is 0 Å². The molecule has 0 saturated heterocycles. The number of aromatic nitrogens is 1. The molecule has 0 aliphatic heterocycles. The molecule has 0 amide bonds. The van der Waals surface area contributed by atoms with Gasteiger partial charge >= 0.3 is 0 Å². The van der Waals surface area contributed by atoms with Gasteiger partial charge in [0.2, 0.25) is 0 Å². The quantitative estimate of drug-likeness (QED) is 0.589. The lowest BCUT2D eigenvalue weighted by Crippen LogP contribution is -1.97. The first-order valence-corrected chi connectivity index (χ1v) is 5.57. The maximum atomic E-state index is 8.53. The van der Waals surface area contributed by atoms with Gasteiger partial charge in [-0.2, -0.15) is 5.26 Å². The Hall–Kier alpha value is -2.18. The van der Waals surface area contributed by atoms with Crippen molar-refractivity contribution in [1.82, 2.24) is 4.57 Å². The molecular weight excluding hydrogens is 228 g/mol. The largest absolute Gasteiger partial charge is 0.308 e. The fourth-order valence-electron chi connectivity index (χ4n) is 1.56. The lowest BCUT2D eigenvalue weighted by molar-refractivity contribution is 1.02. The topological polar surface area (TPSA) is 28.7 Å². The minimum absolute atomic E-state index is 0.699. The second-order valence-electron chi connectivity index (χ2n) is 3.44. The molecule has 1 aromatic carbocycles. The van der Waals surface area contributed by atoms with E-state index in [1.54, 1.807) is 6.08 Å². The van der Waals surface area contributed by atoms with Crippen LogP contribution in [0.4, 0.5) is 0 Å². The Morgan fingerprint density at radius 2 is 1.88 bits per heavy atom. The van der Waals surface area contributed by atoms with Crippen molar-refractivity contribution >= 4 is 18.3 Å². The van der Waals surface area contributed by atoms with E-state index in [0.717, 1.165) is 11.3 Å². The highest BCUT2D eigenvalue weighted by molar-refractivity contribution is 7.71. The van der Waals surface area contributed by atoms with E-state index in [2.05, 4.69) is 0 Å². The molecule has 2 rings (SSSR count). The van der Waals surface area contributed by atoms with Crippen LogP contribution in [0.2, 0.25) is 0 Å². The molecule has 17 heavy (non-hydrogen) atoms. The number of allylic oxidation sites excluding steroid dienone is 1. The molecular formula is C14H10N2S. The van der Waals surface area contributed by atoms with Gasteiger partial charge in [0.15, 0.2) is 0 Å². The van der Waals surface area contributed by atoms with Crippen LogP contribution >= 0.6 is 12.2 Å². The lowest BCUT2D eigenvalue weighted by atomic mass is 10.2. The zero-order valence-corrected chi connectivity index (χ0v) is 9.89. The lowest BCUT2D eigenvalue weighted by Gasteiger charge is -2.07. The van der Waals surface area contributed by atoms with Crippen LogP contribution in [-0.2, 0) is 0 Å². The SMILES string of the molecule is N#CC=Cc1cccn(-c2ccccc2)c1=S. The van der Waals surface area contributed by atoms with Gasteiger partial charge in [0, 0.05) is 23.5 Å². The number of nitriles is 1. The first-order valence-electron chi connectivity index (χ1n) is 5.16. The van der Waals surface area contributed by atoms with E-state index in [4.69, 9.17) is 17.5 Å². The highest BCUT2D eigenvalue weighted by Gasteiger charge is 1.98. The summed E-state index contributed by atoms with van der Waals surface area (Å²) < 4.78 is 2.62. The molecule has 0 aliphatic rings. The average Bonchev–Trinajstić information content (AvgIpc) is 2.39. The highest BCUT2D eigenvalue weighted by Crippen LogP contribution is 2.12. The first kappa shape index (κ1) is 11.3. The van der Waals surface area contributed by atoms with Gasteiger partial charge in [-0.3, -0.25) is 0 Å². The molecule has 82 valence electrons. The Morgan fingerprint density at radius 3 is 2.59 bits per heavy atom. The maximum absolute atomic E-state index is 8.53. The smallest absolute Gasteiger partial charge is 0.117 e. The molecule has 0 fully saturated rings. The Balaban J connectivity index is 2.55. The fourth-order valence-corrected chi connectivity index (χ4v) is 1.86. The van der Waals surface area contributed by atoms with Gasteiger partial charge in [0.1, 0.15) is 4.64 Å². The number of nitrogens with zero attached hydrogens (tertiary/aromatic N) is 2. The molecule has 0 atom stereocenters. The van der Waals surface area contributed by atoms with Crippen molar-refractivity contribution in [2.45, 2.75) is 0 Å². The molecule has 1 aromatic heterocycles. The molecule has 2 nitrogen and oxygen atoms in total. The van der Waals surface area contributed by atoms with Gasteiger partial charge in [-0.05, 0) is 24.3 Å². The van der Waals surface area contributed by atoms with Crippen LogP contribution in [0.1, 0.15) is 5.56 Å². The molecule has 0 spiro atoms. The molecule has 2 aromatic rings. The van der Waals surface area contributed by atoms with Gasteiger partial charge in [0.25, 0.3) is 0 Å². The minimum Gasteiger partial charge on any atom is -0.308 e. The van der Waals surface area contributed by atoms with E-state index >= 15 is 0 Å². The Bertz CT molecular complexity index is 633.